The van der Waals surface area contributed by atoms with E-state index in [4.69, 9.17) is 21.6 Å². The predicted molar refractivity (Wildman–Crippen MR) is 152 cm³/mol. The molecule has 0 unspecified atom stereocenters. The quantitative estimate of drug-likeness (QED) is 0.245. The number of hydrogen-bond acceptors (Lipinski definition) is 2. The van der Waals surface area contributed by atoms with Crippen LogP contribution in [0.25, 0.3) is 56.2 Å². The molecule has 0 aliphatic rings. The van der Waals surface area contributed by atoms with E-state index in [0.29, 0.717) is 5.02 Å². The second-order valence-electron chi connectivity index (χ2n) is 8.86. The molecule has 176 valence electrons. The molecule has 0 spiro atoms. The molecule has 0 amide bonds. The molecule has 7 rings (SSSR count). The van der Waals surface area contributed by atoms with E-state index in [2.05, 4.69) is 45.5 Å². The molecule has 4 nitrogen and oxygen atoms in total. The average molecular weight is 497 g/mol. The van der Waals surface area contributed by atoms with Gasteiger partial charge < -0.3 is 0 Å². The Balaban J connectivity index is 1.53. The van der Waals surface area contributed by atoms with Gasteiger partial charge in [-0.15, -0.1) is 0 Å². The number of aromatic nitrogens is 4. The van der Waals surface area contributed by atoms with Crippen molar-refractivity contribution in [2.75, 3.05) is 0 Å². The van der Waals surface area contributed by atoms with Gasteiger partial charge in [0.05, 0.1) is 38.5 Å². The van der Waals surface area contributed by atoms with Crippen LogP contribution in [0.2, 0.25) is 5.02 Å². The summed E-state index contributed by atoms with van der Waals surface area (Å²) < 4.78 is 4.30. The van der Waals surface area contributed by atoms with E-state index >= 15 is 0 Å². The van der Waals surface area contributed by atoms with Crippen LogP contribution in [0, 0.1) is 0 Å². The molecule has 0 atom stereocenters. The number of benzene rings is 5. The van der Waals surface area contributed by atoms with Crippen molar-refractivity contribution in [1.29, 1.82) is 0 Å². The van der Waals surface area contributed by atoms with E-state index in [0.717, 1.165) is 56.2 Å². The Morgan fingerprint density at radius 2 is 0.838 bits per heavy atom. The van der Waals surface area contributed by atoms with Gasteiger partial charge in [0.1, 0.15) is 11.6 Å². The third-order valence-electron chi connectivity index (χ3n) is 6.63. The Labute approximate surface area is 219 Å². The second kappa shape index (κ2) is 8.77. The first-order valence-electron chi connectivity index (χ1n) is 12.1. The fourth-order valence-corrected chi connectivity index (χ4v) is 5.25. The first-order valence-corrected chi connectivity index (χ1v) is 12.5. The SMILES string of the molecule is Clc1c(-n2c(-c3ccccc3)nc3ccccc32)cccc1-n1c(-c2ccccc2)nc2ccccc21. The summed E-state index contributed by atoms with van der Waals surface area (Å²) in [6, 6.07) is 42.9. The van der Waals surface area contributed by atoms with Crippen LogP contribution in [-0.4, -0.2) is 19.1 Å². The van der Waals surface area contributed by atoms with Crippen LogP contribution >= 0.6 is 11.6 Å². The maximum absolute atomic E-state index is 7.31. The predicted octanol–water partition coefficient (Wildman–Crippen LogP) is 8.35. The summed E-state index contributed by atoms with van der Waals surface area (Å²) in [6.07, 6.45) is 0. The molecule has 5 heteroatoms. The van der Waals surface area contributed by atoms with E-state index in [1.807, 2.05) is 91.0 Å². The van der Waals surface area contributed by atoms with Gasteiger partial charge in [-0.1, -0.05) is 103 Å². The number of para-hydroxylation sites is 4. The van der Waals surface area contributed by atoms with Crippen molar-refractivity contribution < 1.29 is 0 Å². The number of halogens is 1. The van der Waals surface area contributed by atoms with E-state index in [9.17, 15) is 0 Å². The highest BCUT2D eigenvalue weighted by Gasteiger charge is 2.21. The van der Waals surface area contributed by atoms with Gasteiger partial charge in [0, 0.05) is 11.1 Å². The Bertz CT molecular complexity index is 1750. The average Bonchev–Trinajstić information content (AvgIpc) is 3.53. The summed E-state index contributed by atoms with van der Waals surface area (Å²) in [6.45, 7) is 0. The van der Waals surface area contributed by atoms with Gasteiger partial charge in [0.2, 0.25) is 0 Å². The molecule has 7 aromatic rings. The zero-order valence-electron chi connectivity index (χ0n) is 19.8. The lowest BCUT2D eigenvalue weighted by Crippen LogP contribution is -2.03. The lowest BCUT2D eigenvalue weighted by Gasteiger charge is -2.17. The standard InChI is InChI=1S/C32H21ClN4/c33-30-28(36-26-18-9-7-16-24(26)34-31(36)22-12-3-1-4-13-22)20-11-21-29(30)37-27-19-10-8-17-25(27)35-32(37)23-14-5-2-6-15-23/h1-21H. The zero-order valence-corrected chi connectivity index (χ0v) is 20.5. The van der Waals surface area contributed by atoms with Gasteiger partial charge in [-0.2, -0.15) is 0 Å². The van der Waals surface area contributed by atoms with Gasteiger partial charge in [0.25, 0.3) is 0 Å². The Kier molecular flexibility index (Phi) is 5.12. The summed E-state index contributed by atoms with van der Waals surface area (Å²) in [4.78, 5) is 9.99. The minimum atomic E-state index is 0.628. The third kappa shape index (κ3) is 3.53. The van der Waals surface area contributed by atoms with Crippen molar-refractivity contribution in [1.82, 2.24) is 19.1 Å². The molecule has 0 radical (unpaired) electrons. The second-order valence-corrected chi connectivity index (χ2v) is 9.24. The number of nitrogens with zero attached hydrogens (tertiary/aromatic N) is 4. The summed E-state index contributed by atoms with van der Waals surface area (Å²) >= 11 is 7.31. The molecule has 0 fully saturated rings. The highest BCUT2D eigenvalue weighted by molar-refractivity contribution is 6.34. The highest BCUT2D eigenvalue weighted by Crippen LogP contribution is 2.37. The number of rotatable bonds is 4. The topological polar surface area (TPSA) is 35.6 Å². The Morgan fingerprint density at radius 3 is 1.30 bits per heavy atom. The molecule has 5 aromatic carbocycles. The molecule has 0 saturated carbocycles. The van der Waals surface area contributed by atoms with Crippen LogP contribution in [-0.2, 0) is 0 Å². The molecular formula is C32H21ClN4. The molecule has 37 heavy (non-hydrogen) atoms. The fraction of sp³-hybridized carbons (Fsp3) is 0. The van der Waals surface area contributed by atoms with Crippen molar-refractivity contribution in [2.24, 2.45) is 0 Å². The van der Waals surface area contributed by atoms with Crippen molar-refractivity contribution >= 4 is 33.7 Å². The van der Waals surface area contributed by atoms with Crippen LogP contribution in [0.15, 0.2) is 127 Å². The van der Waals surface area contributed by atoms with Crippen LogP contribution in [0.1, 0.15) is 0 Å². The first-order chi connectivity index (χ1) is 18.3. The normalized spacial score (nSPS) is 11.4. The zero-order chi connectivity index (χ0) is 24.8. The Morgan fingerprint density at radius 1 is 0.432 bits per heavy atom. The molecule has 0 N–H and O–H groups in total. The fourth-order valence-electron chi connectivity index (χ4n) is 4.95. The van der Waals surface area contributed by atoms with Crippen molar-refractivity contribution in [2.45, 2.75) is 0 Å². The van der Waals surface area contributed by atoms with Crippen LogP contribution in [0.4, 0.5) is 0 Å². The number of imidazole rings is 2. The van der Waals surface area contributed by atoms with E-state index in [1.54, 1.807) is 0 Å². The highest BCUT2D eigenvalue weighted by atomic mass is 35.5. The summed E-state index contributed by atoms with van der Waals surface area (Å²) in [5, 5.41) is 0.628. The van der Waals surface area contributed by atoms with Crippen LogP contribution < -0.4 is 0 Å². The maximum atomic E-state index is 7.31. The monoisotopic (exact) mass is 496 g/mol. The molecule has 2 heterocycles. The minimum absolute atomic E-state index is 0.628. The van der Waals surface area contributed by atoms with E-state index in [1.165, 1.54) is 0 Å². The van der Waals surface area contributed by atoms with Gasteiger partial charge in [-0.3, -0.25) is 9.13 Å². The van der Waals surface area contributed by atoms with Gasteiger partial charge in [-0.05, 0) is 36.4 Å². The van der Waals surface area contributed by atoms with E-state index in [-0.39, 0.29) is 0 Å². The largest absolute Gasteiger partial charge is 0.291 e. The molecular weight excluding hydrogens is 476 g/mol. The van der Waals surface area contributed by atoms with Crippen molar-refractivity contribution in [3.63, 3.8) is 0 Å². The minimum Gasteiger partial charge on any atom is -0.291 e. The number of hydrogen-bond donors (Lipinski definition) is 0. The summed E-state index contributed by atoms with van der Waals surface area (Å²) in [5.41, 5.74) is 7.61. The maximum Gasteiger partial charge on any atom is 0.145 e. The molecule has 0 bridgehead atoms. The van der Waals surface area contributed by atoms with Crippen molar-refractivity contribution in [3.8, 4) is 34.2 Å². The molecule has 0 aliphatic heterocycles. The molecule has 0 saturated heterocycles. The third-order valence-corrected chi connectivity index (χ3v) is 7.01. The van der Waals surface area contributed by atoms with Crippen LogP contribution in [0.3, 0.4) is 0 Å². The van der Waals surface area contributed by atoms with Crippen molar-refractivity contribution in [3.05, 3.63) is 132 Å². The molecule has 0 aliphatic carbocycles. The summed E-state index contributed by atoms with van der Waals surface area (Å²) in [7, 11) is 0. The van der Waals surface area contributed by atoms with Gasteiger partial charge in [0.15, 0.2) is 0 Å². The van der Waals surface area contributed by atoms with E-state index < -0.39 is 0 Å². The molecule has 2 aromatic heterocycles. The lowest BCUT2D eigenvalue weighted by molar-refractivity contribution is 1.07. The van der Waals surface area contributed by atoms with Gasteiger partial charge in [-0.25, -0.2) is 9.97 Å². The smallest absolute Gasteiger partial charge is 0.145 e. The van der Waals surface area contributed by atoms with Crippen LogP contribution in [0.5, 0.6) is 0 Å². The Hall–Kier alpha value is -4.67. The number of fused-ring (bicyclic) bond motifs is 2. The van der Waals surface area contributed by atoms with Gasteiger partial charge >= 0.3 is 0 Å². The summed E-state index contributed by atoms with van der Waals surface area (Å²) in [5.74, 6) is 1.69. The lowest BCUT2D eigenvalue weighted by atomic mass is 10.2. The first kappa shape index (κ1) is 21.6.